The fraction of sp³-hybridized carbons (Fsp3) is 0.0909. The van der Waals surface area contributed by atoms with E-state index < -0.39 is 0 Å². The SMILES string of the molecule is CCOc1ccc(-c2c[nH]c3ccnc(Nc4ccccc4)c3c2=O)cc1. The normalized spacial score (nSPS) is 10.7. The standard InChI is InChI=1S/C22H19N3O2/c1-2-27-17-10-8-15(9-11-17)18-14-24-19-12-13-23-22(20(19)21(18)26)25-16-6-4-3-5-7-16/h3-14H,2H2,1H3,(H,23,25)(H,24,26). The van der Waals surface area contributed by atoms with Crippen molar-refractivity contribution in [2.75, 3.05) is 11.9 Å². The number of pyridine rings is 2. The van der Waals surface area contributed by atoms with Gasteiger partial charge in [-0.25, -0.2) is 4.98 Å². The van der Waals surface area contributed by atoms with Crippen LogP contribution in [0.25, 0.3) is 22.0 Å². The quantitative estimate of drug-likeness (QED) is 0.542. The van der Waals surface area contributed by atoms with E-state index in [4.69, 9.17) is 4.74 Å². The number of rotatable bonds is 5. The summed E-state index contributed by atoms with van der Waals surface area (Å²) in [6.45, 7) is 2.55. The Morgan fingerprint density at radius 1 is 1.04 bits per heavy atom. The van der Waals surface area contributed by atoms with E-state index in [-0.39, 0.29) is 5.43 Å². The summed E-state index contributed by atoms with van der Waals surface area (Å²) in [4.78, 5) is 20.8. The van der Waals surface area contributed by atoms with Gasteiger partial charge in [-0.05, 0) is 42.8 Å². The first kappa shape index (κ1) is 16.8. The number of hydrogen-bond acceptors (Lipinski definition) is 4. The smallest absolute Gasteiger partial charge is 0.200 e. The van der Waals surface area contributed by atoms with Crippen LogP contribution in [0.2, 0.25) is 0 Å². The summed E-state index contributed by atoms with van der Waals surface area (Å²) in [7, 11) is 0. The van der Waals surface area contributed by atoms with Crippen LogP contribution in [0.1, 0.15) is 6.92 Å². The molecule has 0 saturated carbocycles. The van der Waals surface area contributed by atoms with Crippen LogP contribution < -0.4 is 15.5 Å². The number of anilines is 2. The summed E-state index contributed by atoms with van der Waals surface area (Å²) >= 11 is 0. The second-order valence-electron chi connectivity index (χ2n) is 6.06. The molecule has 0 fully saturated rings. The van der Waals surface area contributed by atoms with Crippen LogP contribution >= 0.6 is 0 Å². The van der Waals surface area contributed by atoms with Crippen LogP contribution in [-0.2, 0) is 0 Å². The van der Waals surface area contributed by atoms with E-state index in [0.29, 0.717) is 23.4 Å². The first-order valence-electron chi connectivity index (χ1n) is 8.82. The number of aromatic nitrogens is 2. The fourth-order valence-corrected chi connectivity index (χ4v) is 3.03. The number of benzene rings is 2. The molecular weight excluding hydrogens is 338 g/mol. The third kappa shape index (κ3) is 3.40. The molecule has 4 rings (SSSR count). The van der Waals surface area contributed by atoms with Gasteiger partial charge in [-0.3, -0.25) is 4.79 Å². The highest BCUT2D eigenvalue weighted by atomic mass is 16.5. The van der Waals surface area contributed by atoms with Gasteiger partial charge in [0.25, 0.3) is 0 Å². The third-order valence-corrected chi connectivity index (χ3v) is 4.31. The number of H-pyrrole nitrogens is 1. The molecule has 0 saturated heterocycles. The molecule has 0 spiro atoms. The van der Waals surface area contributed by atoms with Crippen LogP contribution in [0.3, 0.4) is 0 Å². The molecule has 0 aliphatic carbocycles. The maximum Gasteiger partial charge on any atom is 0.200 e. The van der Waals surface area contributed by atoms with Crippen molar-refractivity contribution in [2.45, 2.75) is 6.92 Å². The van der Waals surface area contributed by atoms with Crippen LogP contribution in [0.15, 0.2) is 77.9 Å². The second kappa shape index (κ2) is 7.33. The molecule has 0 aliphatic rings. The maximum atomic E-state index is 13.2. The lowest BCUT2D eigenvalue weighted by molar-refractivity contribution is 0.340. The van der Waals surface area contributed by atoms with E-state index in [9.17, 15) is 4.79 Å². The highest BCUT2D eigenvalue weighted by Crippen LogP contribution is 2.25. The molecule has 134 valence electrons. The average Bonchev–Trinajstić information content (AvgIpc) is 2.70. The Balaban J connectivity index is 1.81. The van der Waals surface area contributed by atoms with Crippen LogP contribution in [0.5, 0.6) is 5.75 Å². The molecule has 0 radical (unpaired) electrons. The molecule has 0 atom stereocenters. The van der Waals surface area contributed by atoms with Gasteiger partial charge >= 0.3 is 0 Å². The maximum absolute atomic E-state index is 13.2. The van der Waals surface area contributed by atoms with E-state index in [1.54, 1.807) is 18.5 Å². The van der Waals surface area contributed by atoms with E-state index in [2.05, 4.69) is 15.3 Å². The van der Waals surface area contributed by atoms with Crippen LogP contribution in [0, 0.1) is 0 Å². The Bertz CT molecular complexity index is 1120. The molecule has 0 amide bonds. The Morgan fingerprint density at radius 2 is 1.81 bits per heavy atom. The minimum atomic E-state index is -0.0700. The zero-order chi connectivity index (χ0) is 18.6. The predicted octanol–water partition coefficient (Wildman–Crippen LogP) is 4.73. The fourth-order valence-electron chi connectivity index (χ4n) is 3.03. The van der Waals surface area contributed by atoms with Crippen molar-refractivity contribution in [1.82, 2.24) is 9.97 Å². The largest absolute Gasteiger partial charge is 0.494 e. The van der Waals surface area contributed by atoms with Gasteiger partial charge in [0.05, 0.1) is 17.5 Å². The van der Waals surface area contributed by atoms with Crippen molar-refractivity contribution < 1.29 is 4.74 Å². The lowest BCUT2D eigenvalue weighted by Gasteiger charge is -2.10. The highest BCUT2D eigenvalue weighted by molar-refractivity contribution is 5.93. The van der Waals surface area contributed by atoms with Crippen LogP contribution in [-0.4, -0.2) is 16.6 Å². The van der Waals surface area contributed by atoms with Gasteiger partial charge in [-0.2, -0.15) is 0 Å². The first-order valence-corrected chi connectivity index (χ1v) is 8.82. The number of nitrogens with one attached hydrogen (secondary N) is 2. The molecule has 0 aliphatic heterocycles. The van der Waals surface area contributed by atoms with Gasteiger partial charge in [0.2, 0.25) is 5.43 Å². The Morgan fingerprint density at radius 3 is 2.56 bits per heavy atom. The molecule has 0 bridgehead atoms. The van der Waals surface area contributed by atoms with Gasteiger partial charge in [-0.15, -0.1) is 0 Å². The van der Waals surface area contributed by atoms with Gasteiger partial charge in [-0.1, -0.05) is 30.3 Å². The Kier molecular flexibility index (Phi) is 4.58. The zero-order valence-electron chi connectivity index (χ0n) is 14.9. The van der Waals surface area contributed by atoms with Crippen molar-refractivity contribution >= 4 is 22.4 Å². The number of aromatic amines is 1. The van der Waals surface area contributed by atoms with E-state index in [1.165, 1.54) is 0 Å². The molecule has 4 aromatic rings. The van der Waals surface area contributed by atoms with Crippen molar-refractivity contribution in [3.8, 4) is 16.9 Å². The number of nitrogens with zero attached hydrogens (tertiary/aromatic N) is 1. The Hall–Kier alpha value is -3.60. The molecule has 5 nitrogen and oxygen atoms in total. The van der Waals surface area contributed by atoms with E-state index >= 15 is 0 Å². The Labute approximate surface area is 156 Å². The van der Waals surface area contributed by atoms with Crippen molar-refractivity contribution in [1.29, 1.82) is 0 Å². The minimum Gasteiger partial charge on any atom is -0.494 e. The number of ether oxygens (including phenoxy) is 1. The lowest BCUT2D eigenvalue weighted by Crippen LogP contribution is -2.09. The van der Waals surface area contributed by atoms with Gasteiger partial charge in [0.15, 0.2) is 0 Å². The molecule has 2 aromatic carbocycles. The summed E-state index contributed by atoms with van der Waals surface area (Å²) in [5, 5.41) is 3.78. The highest BCUT2D eigenvalue weighted by Gasteiger charge is 2.12. The number of hydrogen-bond donors (Lipinski definition) is 2. The van der Waals surface area contributed by atoms with Gasteiger partial charge in [0.1, 0.15) is 11.6 Å². The molecule has 2 aromatic heterocycles. The molecular formula is C22H19N3O2. The molecule has 2 N–H and O–H groups in total. The summed E-state index contributed by atoms with van der Waals surface area (Å²) in [6, 6.07) is 19.0. The number of para-hydroxylation sites is 1. The first-order chi connectivity index (χ1) is 13.3. The summed E-state index contributed by atoms with van der Waals surface area (Å²) in [5.74, 6) is 1.32. The molecule has 0 unspecified atom stereocenters. The van der Waals surface area contributed by atoms with E-state index in [0.717, 1.165) is 22.5 Å². The van der Waals surface area contributed by atoms with Crippen molar-refractivity contribution in [3.63, 3.8) is 0 Å². The van der Waals surface area contributed by atoms with Gasteiger partial charge < -0.3 is 15.0 Å². The summed E-state index contributed by atoms with van der Waals surface area (Å²) < 4.78 is 5.48. The van der Waals surface area contributed by atoms with Gasteiger partial charge in [0, 0.05) is 23.6 Å². The predicted molar refractivity (Wildman–Crippen MR) is 109 cm³/mol. The lowest BCUT2D eigenvalue weighted by atomic mass is 10.0. The monoisotopic (exact) mass is 357 g/mol. The zero-order valence-corrected chi connectivity index (χ0v) is 14.9. The summed E-state index contributed by atoms with van der Waals surface area (Å²) in [5.41, 5.74) is 2.97. The van der Waals surface area contributed by atoms with Crippen LogP contribution in [0.4, 0.5) is 11.5 Å². The minimum absolute atomic E-state index is 0.0700. The second-order valence-corrected chi connectivity index (χ2v) is 6.06. The molecule has 2 heterocycles. The molecule has 5 heteroatoms. The average molecular weight is 357 g/mol. The summed E-state index contributed by atoms with van der Waals surface area (Å²) in [6.07, 6.45) is 3.42. The topological polar surface area (TPSA) is 67.0 Å². The van der Waals surface area contributed by atoms with E-state index in [1.807, 2.05) is 61.5 Å². The molecule has 27 heavy (non-hydrogen) atoms. The third-order valence-electron chi connectivity index (χ3n) is 4.31. The van der Waals surface area contributed by atoms with Crippen molar-refractivity contribution in [2.24, 2.45) is 0 Å². The van der Waals surface area contributed by atoms with Crippen molar-refractivity contribution in [3.05, 3.63) is 83.3 Å². The number of fused-ring (bicyclic) bond motifs is 1.